The predicted octanol–water partition coefficient (Wildman–Crippen LogP) is 1.59. The maximum Gasteiger partial charge on any atom is 0.247 e. The molecule has 0 bridgehead atoms. The summed E-state index contributed by atoms with van der Waals surface area (Å²) in [5.41, 5.74) is 0.747. The van der Waals surface area contributed by atoms with E-state index in [1.165, 1.54) is 0 Å². The van der Waals surface area contributed by atoms with E-state index in [1.807, 2.05) is 30.3 Å². The zero-order valence-electron chi connectivity index (χ0n) is 16.6. The van der Waals surface area contributed by atoms with E-state index in [0.717, 1.165) is 31.2 Å². The Bertz CT molecular complexity index is 662. The van der Waals surface area contributed by atoms with E-state index in [0.29, 0.717) is 25.9 Å². The molecule has 6 heteroatoms. The second kappa shape index (κ2) is 9.05. The normalized spacial score (nSPS) is 21.9. The Morgan fingerprint density at radius 2 is 1.79 bits per heavy atom. The smallest absolute Gasteiger partial charge is 0.247 e. The predicted molar refractivity (Wildman–Crippen MR) is 107 cm³/mol. The summed E-state index contributed by atoms with van der Waals surface area (Å²) in [5, 5.41) is 23.0. The van der Waals surface area contributed by atoms with Crippen molar-refractivity contribution in [1.82, 2.24) is 10.2 Å². The molecule has 1 saturated heterocycles. The van der Waals surface area contributed by atoms with E-state index in [4.69, 9.17) is 0 Å². The number of amides is 2. The molecule has 2 atom stereocenters. The van der Waals surface area contributed by atoms with Crippen molar-refractivity contribution in [1.29, 1.82) is 0 Å². The summed E-state index contributed by atoms with van der Waals surface area (Å²) < 4.78 is 0. The van der Waals surface area contributed by atoms with Gasteiger partial charge in [-0.3, -0.25) is 9.59 Å². The number of hydrogen-bond donors (Lipinski definition) is 3. The first-order valence-electron chi connectivity index (χ1n) is 10.4. The van der Waals surface area contributed by atoms with Crippen LogP contribution in [-0.2, 0) is 15.0 Å². The number of benzene rings is 1. The van der Waals surface area contributed by atoms with Gasteiger partial charge in [-0.25, -0.2) is 0 Å². The lowest BCUT2D eigenvalue weighted by Crippen LogP contribution is -2.57. The molecule has 1 aromatic rings. The van der Waals surface area contributed by atoms with Crippen molar-refractivity contribution in [3.63, 3.8) is 0 Å². The Balaban J connectivity index is 1.64. The molecule has 1 heterocycles. The highest BCUT2D eigenvalue weighted by Crippen LogP contribution is 2.35. The van der Waals surface area contributed by atoms with Crippen LogP contribution in [0.3, 0.4) is 0 Å². The molecule has 1 aliphatic carbocycles. The molecule has 1 aromatic carbocycles. The Kier molecular flexibility index (Phi) is 6.73. The minimum Gasteiger partial charge on any atom is -0.395 e. The number of carbonyl (C=O) groups excluding carboxylic acids is 2. The van der Waals surface area contributed by atoms with E-state index in [-0.39, 0.29) is 29.8 Å². The highest BCUT2D eigenvalue weighted by molar-refractivity contribution is 5.89. The summed E-state index contributed by atoms with van der Waals surface area (Å²) in [6.07, 6.45) is 4.15. The maximum atomic E-state index is 13.0. The van der Waals surface area contributed by atoms with Crippen molar-refractivity contribution >= 4 is 11.8 Å². The lowest BCUT2D eigenvalue weighted by Gasteiger charge is -2.42. The van der Waals surface area contributed by atoms with Crippen molar-refractivity contribution in [3.05, 3.63) is 35.9 Å². The highest BCUT2D eigenvalue weighted by Gasteiger charge is 2.39. The molecule has 0 spiro atoms. The average molecular weight is 389 g/mol. The number of carbonyl (C=O) groups is 2. The number of aliphatic hydroxyl groups is 2. The van der Waals surface area contributed by atoms with Crippen LogP contribution >= 0.6 is 0 Å². The van der Waals surface area contributed by atoms with Crippen molar-refractivity contribution in [2.45, 2.75) is 63.0 Å². The van der Waals surface area contributed by atoms with Crippen LogP contribution < -0.4 is 5.32 Å². The minimum atomic E-state index is -0.948. The molecule has 2 fully saturated rings. The molecule has 2 amide bonds. The monoisotopic (exact) mass is 388 g/mol. The van der Waals surface area contributed by atoms with Crippen LogP contribution in [0, 0.1) is 5.92 Å². The van der Waals surface area contributed by atoms with Crippen LogP contribution in [0.25, 0.3) is 0 Å². The Morgan fingerprint density at radius 3 is 2.32 bits per heavy atom. The molecule has 1 saturated carbocycles. The Labute approximate surface area is 166 Å². The van der Waals surface area contributed by atoms with Gasteiger partial charge in [-0.1, -0.05) is 43.2 Å². The molecular weight excluding hydrogens is 356 g/mol. The van der Waals surface area contributed by atoms with Gasteiger partial charge in [0.25, 0.3) is 0 Å². The molecule has 6 nitrogen and oxygen atoms in total. The molecule has 2 unspecified atom stereocenters. The quantitative estimate of drug-likeness (QED) is 0.690. The van der Waals surface area contributed by atoms with Gasteiger partial charge in [0.05, 0.1) is 12.7 Å². The van der Waals surface area contributed by atoms with Crippen LogP contribution in [0.2, 0.25) is 0 Å². The third-order valence-corrected chi connectivity index (χ3v) is 6.49. The number of piperidine rings is 1. The SMILES string of the molecule is CC(O)C(NC(=O)C1CCCC1)C(=O)N1CCC(CO)(c2ccccc2)CC1. The van der Waals surface area contributed by atoms with E-state index in [2.05, 4.69) is 5.32 Å². The summed E-state index contributed by atoms with van der Waals surface area (Å²) >= 11 is 0. The zero-order valence-corrected chi connectivity index (χ0v) is 16.6. The molecule has 1 aliphatic heterocycles. The second-order valence-corrected chi connectivity index (χ2v) is 8.34. The number of aliphatic hydroxyl groups excluding tert-OH is 2. The fourth-order valence-corrected chi connectivity index (χ4v) is 4.53. The van der Waals surface area contributed by atoms with Crippen LogP contribution in [0.1, 0.15) is 51.0 Å². The van der Waals surface area contributed by atoms with Gasteiger partial charge in [0.1, 0.15) is 6.04 Å². The fourth-order valence-electron chi connectivity index (χ4n) is 4.53. The third-order valence-electron chi connectivity index (χ3n) is 6.49. The highest BCUT2D eigenvalue weighted by atomic mass is 16.3. The Hall–Kier alpha value is -1.92. The minimum absolute atomic E-state index is 0.0390. The summed E-state index contributed by atoms with van der Waals surface area (Å²) in [6, 6.07) is 9.01. The molecule has 154 valence electrons. The lowest BCUT2D eigenvalue weighted by atomic mass is 9.73. The number of hydrogen-bond acceptors (Lipinski definition) is 4. The lowest BCUT2D eigenvalue weighted by molar-refractivity contribution is -0.141. The van der Waals surface area contributed by atoms with Crippen molar-refractivity contribution in [2.75, 3.05) is 19.7 Å². The van der Waals surface area contributed by atoms with Crippen LogP contribution in [0.4, 0.5) is 0 Å². The van der Waals surface area contributed by atoms with Crippen molar-refractivity contribution < 1.29 is 19.8 Å². The van der Waals surface area contributed by atoms with Crippen LogP contribution in [0.5, 0.6) is 0 Å². The van der Waals surface area contributed by atoms with Crippen molar-refractivity contribution in [2.24, 2.45) is 5.92 Å². The second-order valence-electron chi connectivity index (χ2n) is 8.34. The zero-order chi connectivity index (χ0) is 20.1. The first-order valence-corrected chi connectivity index (χ1v) is 10.4. The number of nitrogens with one attached hydrogen (secondary N) is 1. The van der Waals surface area contributed by atoms with Gasteiger partial charge in [0, 0.05) is 24.4 Å². The summed E-state index contributed by atoms with van der Waals surface area (Å²) in [5.74, 6) is -0.403. The van der Waals surface area contributed by atoms with E-state index >= 15 is 0 Å². The third kappa shape index (κ3) is 4.39. The van der Waals surface area contributed by atoms with Gasteiger partial charge in [0.2, 0.25) is 11.8 Å². The molecule has 2 aliphatic rings. The van der Waals surface area contributed by atoms with Gasteiger partial charge < -0.3 is 20.4 Å². The van der Waals surface area contributed by atoms with E-state index < -0.39 is 12.1 Å². The maximum absolute atomic E-state index is 13.0. The largest absolute Gasteiger partial charge is 0.395 e. The van der Waals surface area contributed by atoms with Crippen LogP contribution in [-0.4, -0.2) is 58.8 Å². The van der Waals surface area contributed by atoms with E-state index in [1.54, 1.807) is 11.8 Å². The van der Waals surface area contributed by atoms with Gasteiger partial charge >= 0.3 is 0 Å². The van der Waals surface area contributed by atoms with Gasteiger partial charge in [-0.05, 0) is 38.2 Å². The van der Waals surface area contributed by atoms with Gasteiger partial charge in [-0.15, -0.1) is 0 Å². The molecule has 28 heavy (non-hydrogen) atoms. The fraction of sp³-hybridized carbons (Fsp3) is 0.636. The van der Waals surface area contributed by atoms with E-state index in [9.17, 15) is 19.8 Å². The summed E-state index contributed by atoms with van der Waals surface area (Å²) in [4.78, 5) is 27.2. The first kappa shape index (κ1) is 20.8. The Morgan fingerprint density at radius 1 is 1.18 bits per heavy atom. The summed E-state index contributed by atoms with van der Waals surface area (Å²) in [7, 11) is 0. The average Bonchev–Trinajstić information content (AvgIpc) is 3.27. The first-order chi connectivity index (χ1) is 13.5. The molecule has 3 rings (SSSR count). The molecular formula is C22H32N2O4. The molecule has 3 N–H and O–H groups in total. The molecule has 0 radical (unpaired) electrons. The standard InChI is InChI=1S/C22H32N2O4/c1-16(26)19(23-20(27)17-7-5-6-8-17)21(28)24-13-11-22(15-25,12-14-24)18-9-3-2-4-10-18/h2-4,9-10,16-17,19,25-26H,5-8,11-15H2,1H3,(H,23,27). The number of likely N-dealkylation sites (tertiary alicyclic amines) is 1. The topological polar surface area (TPSA) is 89.9 Å². The number of nitrogens with zero attached hydrogens (tertiary/aromatic N) is 1. The van der Waals surface area contributed by atoms with Crippen LogP contribution in [0.15, 0.2) is 30.3 Å². The molecule has 0 aromatic heterocycles. The van der Waals surface area contributed by atoms with Gasteiger partial charge in [-0.2, -0.15) is 0 Å². The van der Waals surface area contributed by atoms with Crippen molar-refractivity contribution in [3.8, 4) is 0 Å². The number of rotatable bonds is 6. The summed E-state index contributed by atoms with van der Waals surface area (Å²) in [6.45, 7) is 2.58. The van der Waals surface area contributed by atoms with Gasteiger partial charge in [0.15, 0.2) is 0 Å².